The number of carboxylic acids is 1. The number of carbonyl (C=O) groups is 2. The van der Waals surface area contributed by atoms with Crippen LogP contribution in [0.5, 0.6) is 0 Å². The first-order valence-electron chi connectivity index (χ1n) is 6.10. The third-order valence-corrected chi connectivity index (χ3v) is 4.64. The third-order valence-electron chi connectivity index (χ3n) is 2.73. The number of rotatable bonds is 8. The molecule has 1 rings (SSSR count). The molecule has 0 amide bonds. The van der Waals surface area contributed by atoms with Crippen molar-refractivity contribution in [2.24, 2.45) is 0 Å². The maximum Gasteiger partial charge on any atom is 0.304 e. The maximum atomic E-state index is 12.4. The Morgan fingerprint density at radius 2 is 1.85 bits per heavy atom. The van der Waals surface area contributed by atoms with Crippen LogP contribution in [-0.2, 0) is 19.6 Å². The van der Waals surface area contributed by atoms with E-state index in [1.807, 2.05) is 6.92 Å². The number of sulfonamides is 1. The van der Waals surface area contributed by atoms with Crippen LogP contribution in [0.4, 0.5) is 0 Å². The molecular formula is C13H17NO5S. The Morgan fingerprint density at radius 3 is 2.35 bits per heavy atom. The second-order valence-electron chi connectivity index (χ2n) is 4.32. The number of aliphatic carboxylic acids is 1. The summed E-state index contributed by atoms with van der Waals surface area (Å²) in [5.41, 5.74) is 0.925. The van der Waals surface area contributed by atoms with E-state index in [0.29, 0.717) is 6.29 Å². The van der Waals surface area contributed by atoms with Crippen LogP contribution in [-0.4, -0.2) is 43.2 Å². The molecule has 1 aromatic carbocycles. The van der Waals surface area contributed by atoms with E-state index in [4.69, 9.17) is 5.11 Å². The topological polar surface area (TPSA) is 91.8 Å². The van der Waals surface area contributed by atoms with Gasteiger partial charge >= 0.3 is 5.97 Å². The van der Waals surface area contributed by atoms with Crippen LogP contribution in [0.3, 0.4) is 0 Å². The van der Waals surface area contributed by atoms with E-state index < -0.39 is 16.0 Å². The fourth-order valence-electron chi connectivity index (χ4n) is 1.63. The van der Waals surface area contributed by atoms with Gasteiger partial charge in [-0.15, -0.1) is 0 Å². The zero-order valence-corrected chi connectivity index (χ0v) is 12.0. The average molecular weight is 299 g/mol. The molecule has 7 heteroatoms. The van der Waals surface area contributed by atoms with Gasteiger partial charge < -0.3 is 9.90 Å². The number of aryl methyl sites for hydroxylation is 1. The maximum absolute atomic E-state index is 12.4. The lowest BCUT2D eigenvalue weighted by molar-refractivity contribution is -0.137. The number of aldehydes is 1. The van der Waals surface area contributed by atoms with Crippen LogP contribution < -0.4 is 0 Å². The highest BCUT2D eigenvalue weighted by Gasteiger charge is 2.24. The molecular weight excluding hydrogens is 282 g/mol. The number of nitrogens with zero attached hydrogens (tertiary/aromatic N) is 1. The molecule has 0 heterocycles. The zero-order chi connectivity index (χ0) is 15.2. The molecule has 0 saturated carbocycles. The van der Waals surface area contributed by atoms with E-state index in [9.17, 15) is 18.0 Å². The van der Waals surface area contributed by atoms with Crippen molar-refractivity contribution >= 4 is 22.3 Å². The highest BCUT2D eigenvalue weighted by atomic mass is 32.2. The van der Waals surface area contributed by atoms with Gasteiger partial charge in [-0.3, -0.25) is 4.79 Å². The minimum Gasteiger partial charge on any atom is -0.481 e. The molecule has 0 atom stereocenters. The molecule has 0 unspecified atom stereocenters. The van der Waals surface area contributed by atoms with Crippen molar-refractivity contribution in [3.63, 3.8) is 0 Å². The van der Waals surface area contributed by atoms with Gasteiger partial charge in [0.2, 0.25) is 10.0 Å². The van der Waals surface area contributed by atoms with Crippen molar-refractivity contribution in [1.82, 2.24) is 4.31 Å². The molecule has 1 N–H and O–H groups in total. The lowest BCUT2D eigenvalue weighted by Crippen LogP contribution is -2.34. The normalized spacial score (nSPS) is 11.5. The van der Waals surface area contributed by atoms with Crippen LogP contribution in [0, 0.1) is 6.92 Å². The van der Waals surface area contributed by atoms with E-state index in [-0.39, 0.29) is 30.8 Å². The minimum atomic E-state index is -3.77. The molecule has 0 aromatic heterocycles. The zero-order valence-electron chi connectivity index (χ0n) is 11.2. The summed E-state index contributed by atoms with van der Waals surface area (Å²) in [4.78, 5) is 21.1. The van der Waals surface area contributed by atoms with Crippen molar-refractivity contribution in [3.05, 3.63) is 29.8 Å². The van der Waals surface area contributed by atoms with Gasteiger partial charge in [-0.25, -0.2) is 8.42 Å². The lowest BCUT2D eigenvalue weighted by Gasteiger charge is -2.20. The molecule has 0 bridgehead atoms. The molecule has 0 radical (unpaired) electrons. The van der Waals surface area contributed by atoms with E-state index in [2.05, 4.69) is 0 Å². The Morgan fingerprint density at radius 1 is 1.25 bits per heavy atom. The van der Waals surface area contributed by atoms with E-state index >= 15 is 0 Å². The average Bonchev–Trinajstić information content (AvgIpc) is 2.38. The van der Waals surface area contributed by atoms with Gasteiger partial charge in [-0.1, -0.05) is 17.7 Å². The monoisotopic (exact) mass is 299 g/mol. The van der Waals surface area contributed by atoms with Crippen LogP contribution in [0.15, 0.2) is 29.2 Å². The van der Waals surface area contributed by atoms with Gasteiger partial charge in [0.25, 0.3) is 0 Å². The summed E-state index contributed by atoms with van der Waals surface area (Å²) >= 11 is 0. The van der Waals surface area contributed by atoms with Crippen LogP contribution in [0.1, 0.15) is 18.4 Å². The van der Waals surface area contributed by atoms with Crippen molar-refractivity contribution in [1.29, 1.82) is 0 Å². The van der Waals surface area contributed by atoms with Gasteiger partial charge in [0, 0.05) is 19.5 Å². The molecule has 6 nitrogen and oxygen atoms in total. The predicted molar refractivity (Wildman–Crippen MR) is 72.9 cm³/mol. The largest absolute Gasteiger partial charge is 0.481 e. The summed E-state index contributed by atoms with van der Waals surface area (Å²) in [5, 5.41) is 8.67. The summed E-state index contributed by atoms with van der Waals surface area (Å²) in [6.07, 6.45) is 0.340. The molecule has 0 spiro atoms. The summed E-state index contributed by atoms with van der Waals surface area (Å²) in [6, 6.07) is 6.28. The van der Waals surface area contributed by atoms with E-state index in [1.165, 1.54) is 12.1 Å². The van der Waals surface area contributed by atoms with Gasteiger partial charge in [0.05, 0.1) is 11.3 Å². The van der Waals surface area contributed by atoms with Crippen molar-refractivity contribution < 1.29 is 23.1 Å². The summed E-state index contributed by atoms with van der Waals surface area (Å²) in [5.74, 6) is -1.08. The number of benzene rings is 1. The summed E-state index contributed by atoms with van der Waals surface area (Å²) in [7, 11) is -3.77. The van der Waals surface area contributed by atoms with Gasteiger partial charge in [0.15, 0.2) is 0 Å². The summed E-state index contributed by atoms with van der Waals surface area (Å²) in [6.45, 7) is 1.66. The fraction of sp³-hybridized carbons (Fsp3) is 0.385. The quantitative estimate of drug-likeness (QED) is 0.724. The lowest BCUT2D eigenvalue weighted by atomic mass is 10.2. The van der Waals surface area contributed by atoms with Crippen molar-refractivity contribution in [2.75, 3.05) is 13.1 Å². The molecule has 0 aliphatic heterocycles. The van der Waals surface area contributed by atoms with E-state index in [0.717, 1.165) is 9.87 Å². The third kappa shape index (κ3) is 4.43. The van der Waals surface area contributed by atoms with Gasteiger partial charge in [-0.05, 0) is 19.1 Å². The minimum absolute atomic E-state index is 0.0208. The molecule has 20 heavy (non-hydrogen) atoms. The fourth-order valence-corrected chi connectivity index (χ4v) is 3.08. The summed E-state index contributed by atoms with van der Waals surface area (Å²) < 4.78 is 25.8. The second-order valence-corrected chi connectivity index (χ2v) is 6.25. The Hall–Kier alpha value is -1.73. The van der Waals surface area contributed by atoms with Crippen LogP contribution >= 0.6 is 0 Å². The first-order chi connectivity index (χ1) is 9.37. The van der Waals surface area contributed by atoms with Gasteiger partial charge in [0.1, 0.15) is 6.29 Å². The van der Waals surface area contributed by atoms with Crippen molar-refractivity contribution in [2.45, 2.75) is 24.7 Å². The van der Waals surface area contributed by atoms with Crippen LogP contribution in [0.2, 0.25) is 0 Å². The Labute approximate surface area is 118 Å². The molecule has 110 valence electrons. The van der Waals surface area contributed by atoms with Gasteiger partial charge in [-0.2, -0.15) is 4.31 Å². The molecule has 0 aliphatic rings. The first-order valence-corrected chi connectivity index (χ1v) is 7.54. The number of hydrogen-bond donors (Lipinski definition) is 1. The Kier molecular flexibility index (Phi) is 5.84. The predicted octanol–water partition coefficient (Wildman–Crippen LogP) is 1.05. The molecule has 1 aromatic rings. The molecule has 0 saturated heterocycles. The van der Waals surface area contributed by atoms with Crippen LogP contribution in [0.25, 0.3) is 0 Å². The van der Waals surface area contributed by atoms with E-state index in [1.54, 1.807) is 12.1 Å². The number of carboxylic acid groups (broad SMARTS) is 1. The van der Waals surface area contributed by atoms with Crippen molar-refractivity contribution in [3.8, 4) is 0 Å². The number of carbonyl (C=O) groups excluding carboxylic acids is 1. The number of hydrogen-bond acceptors (Lipinski definition) is 4. The highest BCUT2D eigenvalue weighted by Crippen LogP contribution is 2.17. The standard InChI is InChI=1S/C13H17NO5S/c1-11-3-5-12(6-4-11)20(18,19)14(8-2-10-15)9-7-13(16)17/h3-6,10H,2,7-9H2,1H3,(H,16,17). The Bertz CT molecular complexity index is 565. The Balaban J connectivity index is 2.99. The second kappa shape index (κ2) is 7.16. The molecule has 0 aliphatic carbocycles. The SMILES string of the molecule is Cc1ccc(S(=O)(=O)N(CCC=O)CCC(=O)O)cc1. The molecule has 0 fully saturated rings. The smallest absolute Gasteiger partial charge is 0.304 e. The first kappa shape index (κ1) is 16.3. The highest BCUT2D eigenvalue weighted by molar-refractivity contribution is 7.89.